The Balaban J connectivity index is 2.70. The van der Waals surface area contributed by atoms with Crippen LogP contribution < -0.4 is 0 Å². The fourth-order valence-electron chi connectivity index (χ4n) is 0.915. The average Bonchev–Trinajstić information content (AvgIpc) is 2.15. The molecule has 0 bridgehead atoms. The molecular formula is C11H13NS. The maximum atomic E-state index is 5.23. The molecule has 0 saturated heterocycles. The van der Waals surface area contributed by atoms with Gasteiger partial charge in [0.15, 0.2) is 0 Å². The smallest absolute Gasteiger partial charge is 0.0463 e. The van der Waals surface area contributed by atoms with Crippen LogP contribution in [0.1, 0.15) is 5.56 Å². The molecule has 0 atom stereocenters. The Bertz CT molecular complexity index is 301. The van der Waals surface area contributed by atoms with E-state index in [9.17, 15) is 0 Å². The van der Waals surface area contributed by atoms with Crippen molar-refractivity contribution >= 4 is 17.1 Å². The lowest BCUT2D eigenvalue weighted by Crippen LogP contribution is -2.02. The molecule has 0 aromatic heterocycles. The Morgan fingerprint density at radius 2 is 1.85 bits per heavy atom. The SMILES string of the molecule is CN(C)/C=C\C(=S)c1ccccc1. The van der Waals surface area contributed by atoms with Crippen molar-refractivity contribution in [3.8, 4) is 0 Å². The first-order valence-corrected chi connectivity index (χ1v) is 4.55. The van der Waals surface area contributed by atoms with Crippen LogP contribution >= 0.6 is 12.2 Å². The van der Waals surface area contributed by atoms with E-state index in [1.54, 1.807) is 0 Å². The van der Waals surface area contributed by atoms with Gasteiger partial charge < -0.3 is 4.90 Å². The van der Waals surface area contributed by atoms with Crippen LogP contribution in [0.15, 0.2) is 42.6 Å². The summed E-state index contributed by atoms with van der Waals surface area (Å²) in [6.07, 6.45) is 3.89. The van der Waals surface area contributed by atoms with Gasteiger partial charge in [-0.1, -0.05) is 42.5 Å². The summed E-state index contributed by atoms with van der Waals surface area (Å²) in [6.45, 7) is 0. The normalized spacial score (nSPS) is 10.3. The lowest BCUT2D eigenvalue weighted by molar-refractivity contribution is 0.564. The molecule has 0 amide bonds. The van der Waals surface area contributed by atoms with Crippen molar-refractivity contribution in [2.75, 3.05) is 14.1 Å². The number of allylic oxidation sites excluding steroid dienone is 1. The summed E-state index contributed by atoms with van der Waals surface area (Å²) in [6, 6.07) is 10.0. The van der Waals surface area contributed by atoms with Crippen LogP contribution in [0, 0.1) is 0 Å². The van der Waals surface area contributed by atoms with Crippen LogP contribution in [0.4, 0.5) is 0 Å². The van der Waals surface area contributed by atoms with Crippen molar-refractivity contribution < 1.29 is 0 Å². The van der Waals surface area contributed by atoms with E-state index in [0.29, 0.717) is 0 Å². The first kappa shape index (κ1) is 9.93. The third-order valence-electron chi connectivity index (χ3n) is 1.58. The van der Waals surface area contributed by atoms with E-state index in [0.717, 1.165) is 10.4 Å². The molecule has 0 heterocycles. The summed E-state index contributed by atoms with van der Waals surface area (Å²) in [7, 11) is 3.95. The molecular weight excluding hydrogens is 178 g/mol. The van der Waals surface area contributed by atoms with Crippen LogP contribution in [0.25, 0.3) is 0 Å². The van der Waals surface area contributed by atoms with Gasteiger partial charge in [-0.15, -0.1) is 0 Å². The minimum atomic E-state index is 0.870. The molecule has 13 heavy (non-hydrogen) atoms. The van der Waals surface area contributed by atoms with Gasteiger partial charge in [0.05, 0.1) is 0 Å². The second-order valence-corrected chi connectivity index (χ2v) is 3.45. The topological polar surface area (TPSA) is 3.24 Å². The minimum absolute atomic E-state index is 0.870. The highest BCUT2D eigenvalue weighted by atomic mass is 32.1. The number of nitrogens with zero attached hydrogens (tertiary/aromatic N) is 1. The summed E-state index contributed by atoms with van der Waals surface area (Å²) >= 11 is 5.23. The standard InChI is InChI=1S/C11H13NS/c1-12(2)9-8-11(13)10-6-4-3-5-7-10/h3-9H,1-2H3/b9-8-. The molecule has 2 heteroatoms. The molecule has 0 aliphatic carbocycles. The van der Waals surface area contributed by atoms with Gasteiger partial charge in [-0.2, -0.15) is 0 Å². The maximum Gasteiger partial charge on any atom is 0.0463 e. The molecule has 0 spiro atoms. The van der Waals surface area contributed by atoms with Gasteiger partial charge in [-0.05, 0) is 17.8 Å². The Morgan fingerprint density at radius 3 is 2.38 bits per heavy atom. The van der Waals surface area contributed by atoms with E-state index in [2.05, 4.69) is 0 Å². The van der Waals surface area contributed by atoms with E-state index in [1.165, 1.54) is 0 Å². The summed E-state index contributed by atoms with van der Waals surface area (Å²) in [5.74, 6) is 0. The lowest BCUT2D eigenvalue weighted by atomic mass is 10.1. The highest BCUT2D eigenvalue weighted by Crippen LogP contribution is 2.02. The molecule has 0 aliphatic rings. The van der Waals surface area contributed by atoms with Gasteiger partial charge in [0, 0.05) is 19.0 Å². The molecule has 0 unspecified atom stereocenters. The van der Waals surface area contributed by atoms with E-state index in [4.69, 9.17) is 12.2 Å². The van der Waals surface area contributed by atoms with Crippen LogP contribution in [0.3, 0.4) is 0 Å². The first-order chi connectivity index (χ1) is 6.20. The number of benzene rings is 1. The van der Waals surface area contributed by atoms with Crippen LogP contribution in [-0.4, -0.2) is 23.9 Å². The molecule has 1 aromatic carbocycles. The number of thiocarbonyl (C=S) groups is 1. The number of hydrogen-bond acceptors (Lipinski definition) is 2. The Morgan fingerprint density at radius 1 is 1.23 bits per heavy atom. The average molecular weight is 191 g/mol. The van der Waals surface area contributed by atoms with Gasteiger partial charge in [0.25, 0.3) is 0 Å². The number of hydrogen-bond donors (Lipinski definition) is 0. The van der Waals surface area contributed by atoms with Gasteiger partial charge in [-0.25, -0.2) is 0 Å². The zero-order chi connectivity index (χ0) is 9.68. The monoisotopic (exact) mass is 191 g/mol. The van der Waals surface area contributed by atoms with Gasteiger partial charge in [0.2, 0.25) is 0 Å². The van der Waals surface area contributed by atoms with Crippen molar-refractivity contribution in [3.05, 3.63) is 48.2 Å². The number of rotatable bonds is 3. The summed E-state index contributed by atoms with van der Waals surface area (Å²) < 4.78 is 0. The second kappa shape index (κ2) is 4.77. The lowest BCUT2D eigenvalue weighted by Gasteiger charge is -2.03. The minimum Gasteiger partial charge on any atom is -0.383 e. The Labute approximate surface area is 84.7 Å². The summed E-state index contributed by atoms with van der Waals surface area (Å²) in [4.78, 5) is 2.84. The predicted octanol–water partition coefficient (Wildman–Crippen LogP) is 2.48. The van der Waals surface area contributed by atoms with Crippen molar-refractivity contribution in [1.82, 2.24) is 4.90 Å². The first-order valence-electron chi connectivity index (χ1n) is 4.14. The molecule has 1 nitrogen and oxygen atoms in total. The molecule has 68 valence electrons. The fraction of sp³-hybridized carbons (Fsp3) is 0.182. The van der Waals surface area contributed by atoms with E-state index in [-0.39, 0.29) is 0 Å². The zero-order valence-corrected chi connectivity index (χ0v) is 8.71. The molecule has 0 fully saturated rings. The summed E-state index contributed by atoms with van der Waals surface area (Å²) in [5.41, 5.74) is 1.09. The third kappa shape index (κ3) is 3.38. The maximum absolute atomic E-state index is 5.23. The highest BCUT2D eigenvalue weighted by molar-refractivity contribution is 7.81. The van der Waals surface area contributed by atoms with Crippen LogP contribution in [0.5, 0.6) is 0 Å². The molecule has 0 saturated carbocycles. The zero-order valence-electron chi connectivity index (χ0n) is 7.90. The third-order valence-corrected chi connectivity index (χ3v) is 1.95. The van der Waals surface area contributed by atoms with E-state index in [1.807, 2.05) is 61.6 Å². The van der Waals surface area contributed by atoms with Crippen molar-refractivity contribution in [2.45, 2.75) is 0 Å². The van der Waals surface area contributed by atoms with Crippen LogP contribution in [-0.2, 0) is 0 Å². The van der Waals surface area contributed by atoms with E-state index >= 15 is 0 Å². The summed E-state index contributed by atoms with van der Waals surface area (Å²) in [5, 5.41) is 0. The van der Waals surface area contributed by atoms with Gasteiger partial charge in [-0.3, -0.25) is 0 Å². The molecule has 1 rings (SSSR count). The van der Waals surface area contributed by atoms with Gasteiger partial charge in [0.1, 0.15) is 0 Å². The Hall–Kier alpha value is -1.15. The highest BCUT2D eigenvalue weighted by Gasteiger charge is 1.93. The van der Waals surface area contributed by atoms with Gasteiger partial charge >= 0.3 is 0 Å². The van der Waals surface area contributed by atoms with Crippen molar-refractivity contribution in [3.63, 3.8) is 0 Å². The van der Waals surface area contributed by atoms with Crippen molar-refractivity contribution in [2.24, 2.45) is 0 Å². The predicted molar refractivity (Wildman–Crippen MR) is 61.0 cm³/mol. The largest absolute Gasteiger partial charge is 0.383 e. The second-order valence-electron chi connectivity index (χ2n) is 3.01. The quantitative estimate of drug-likeness (QED) is 0.410. The van der Waals surface area contributed by atoms with Crippen LogP contribution in [0.2, 0.25) is 0 Å². The molecule has 1 aromatic rings. The molecule has 0 radical (unpaired) electrons. The van der Waals surface area contributed by atoms with E-state index < -0.39 is 0 Å². The molecule has 0 N–H and O–H groups in total. The Kier molecular flexibility index (Phi) is 3.65. The fourth-order valence-corrected chi connectivity index (χ4v) is 1.11. The molecule has 0 aliphatic heterocycles. The van der Waals surface area contributed by atoms with Crippen molar-refractivity contribution in [1.29, 1.82) is 0 Å².